The Kier molecular flexibility index (Phi) is 5.64. The van der Waals surface area contributed by atoms with Crippen molar-refractivity contribution >= 4 is 22.7 Å². The maximum absolute atomic E-state index is 13.9. The fourth-order valence-electron chi connectivity index (χ4n) is 3.44. The lowest BCUT2D eigenvalue weighted by Gasteiger charge is -2.17. The average molecular weight is 466 g/mol. The van der Waals surface area contributed by atoms with Crippen LogP contribution in [0.25, 0.3) is 22.3 Å². The molecular weight excluding hydrogens is 448 g/mol. The van der Waals surface area contributed by atoms with Gasteiger partial charge in [-0.25, -0.2) is 9.18 Å². The summed E-state index contributed by atoms with van der Waals surface area (Å²) in [5.41, 5.74) is -2.67. The number of fused-ring (bicyclic) bond motifs is 1. The molecule has 1 fully saturated rings. The molecule has 33 heavy (non-hydrogen) atoms. The summed E-state index contributed by atoms with van der Waals surface area (Å²) in [7, 11) is 2.17. The third kappa shape index (κ3) is 4.43. The largest absolute Gasteiger partial charge is 0.493 e. The maximum Gasteiger partial charge on any atom is 0.420 e. The van der Waals surface area contributed by atoms with Gasteiger partial charge in [-0.2, -0.15) is 13.2 Å². The number of alkyl halides is 3. The molecule has 1 aliphatic carbocycles. The monoisotopic (exact) mass is 466 g/mol. The zero-order chi connectivity index (χ0) is 23.9. The number of carbonyl (C=O) groups is 1. The fraction of sp³-hybridized carbons (Fsp3) is 0.273. The predicted octanol–water partition coefficient (Wildman–Crippen LogP) is 4.92. The number of urea groups is 1. The number of rotatable bonds is 5. The second kappa shape index (κ2) is 8.30. The quantitative estimate of drug-likeness (QED) is 0.521. The van der Waals surface area contributed by atoms with E-state index in [1.807, 2.05) is 0 Å². The summed E-state index contributed by atoms with van der Waals surface area (Å²) in [6.45, 7) is 0. The molecular formula is C22H18F4N2O5. The third-order valence-corrected chi connectivity index (χ3v) is 5.05. The van der Waals surface area contributed by atoms with E-state index in [1.54, 1.807) is 0 Å². The summed E-state index contributed by atoms with van der Waals surface area (Å²) in [6, 6.07) is 4.73. The molecule has 1 aliphatic rings. The number of halogens is 4. The van der Waals surface area contributed by atoms with Gasteiger partial charge in [-0.1, -0.05) is 0 Å². The molecule has 0 radical (unpaired) electrons. The number of carbonyl (C=O) groups excluding carboxylic acids is 1. The summed E-state index contributed by atoms with van der Waals surface area (Å²) in [6.07, 6.45) is -3.29. The number of nitrogens with one attached hydrogen (secondary N) is 2. The maximum atomic E-state index is 13.9. The Hall–Kier alpha value is -3.76. The van der Waals surface area contributed by atoms with Gasteiger partial charge in [-0.15, -0.1) is 0 Å². The predicted molar refractivity (Wildman–Crippen MR) is 111 cm³/mol. The lowest BCUT2D eigenvalue weighted by atomic mass is 10.0. The Morgan fingerprint density at radius 1 is 1.12 bits per heavy atom. The third-order valence-electron chi connectivity index (χ3n) is 5.05. The molecule has 174 valence electrons. The smallest absolute Gasteiger partial charge is 0.420 e. The Balaban J connectivity index is 1.90. The van der Waals surface area contributed by atoms with Crippen LogP contribution >= 0.6 is 0 Å². The van der Waals surface area contributed by atoms with Crippen LogP contribution in [0.4, 0.5) is 28.0 Å². The molecule has 1 heterocycles. The zero-order valence-corrected chi connectivity index (χ0v) is 17.4. The molecule has 2 amide bonds. The SMILES string of the molecule is COc1cc2oc(-c3ccc(F)cc3NC(=O)NC3CC3)cc(=O)c2c(C(F)(F)F)c1OC. The Labute approximate surface area is 184 Å². The van der Waals surface area contributed by atoms with Crippen LogP contribution in [-0.2, 0) is 6.18 Å². The highest BCUT2D eigenvalue weighted by atomic mass is 19.4. The van der Waals surface area contributed by atoms with Crippen molar-refractivity contribution in [3.8, 4) is 22.8 Å². The van der Waals surface area contributed by atoms with Gasteiger partial charge in [0.2, 0.25) is 0 Å². The summed E-state index contributed by atoms with van der Waals surface area (Å²) < 4.78 is 70.9. The van der Waals surface area contributed by atoms with E-state index in [0.717, 1.165) is 51.3 Å². The van der Waals surface area contributed by atoms with E-state index < -0.39 is 45.7 Å². The lowest BCUT2D eigenvalue weighted by molar-refractivity contribution is -0.137. The van der Waals surface area contributed by atoms with Crippen molar-refractivity contribution in [1.82, 2.24) is 5.32 Å². The first-order valence-corrected chi connectivity index (χ1v) is 9.80. The minimum Gasteiger partial charge on any atom is -0.493 e. The lowest BCUT2D eigenvalue weighted by Crippen LogP contribution is -2.30. The van der Waals surface area contributed by atoms with Crippen LogP contribution in [0.3, 0.4) is 0 Å². The number of ether oxygens (including phenoxy) is 2. The molecule has 0 atom stereocenters. The normalized spacial score (nSPS) is 13.6. The molecule has 0 bridgehead atoms. The molecule has 0 saturated heterocycles. The van der Waals surface area contributed by atoms with Crippen molar-refractivity contribution in [3.63, 3.8) is 0 Å². The van der Waals surface area contributed by atoms with Crippen LogP contribution in [-0.4, -0.2) is 26.3 Å². The van der Waals surface area contributed by atoms with Gasteiger partial charge in [0.25, 0.3) is 0 Å². The highest BCUT2D eigenvalue weighted by Gasteiger charge is 2.40. The van der Waals surface area contributed by atoms with Crippen LogP contribution < -0.4 is 25.5 Å². The van der Waals surface area contributed by atoms with E-state index in [1.165, 1.54) is 6.07 Å². The molecule has 0 spiro atoms. The number of methoxy groups -OCH3 is 2. The highest BCUT2D eigenvalue weighted by Crippen LogP contribution is 2.46. The summed E-state index contributed by atoms with van der Waals surface area (Å²) in [4.78, 5) is 25.0. The van der Waals surface area contributed by atoms with Crippen molar-refractivity contribution in [2.75, 3.05) is 19.5 Å². The highest BCUT2D eigenvalue weighted by molar-refractivity contribution is 5.95. The van der Waals surface area contributed by atoms with Gasteiger partial charge in [-0.05, 0) is 31.0 Å². The van der Waals surface area contributed by atoms with Gasteiger partial charge < -0.3 is 24.5 Å². The van der Waals surface area contributed by atoms with Crippen LogP contribution in [0.15, 0.2) is 39.5 Å². The summed E-state index contributed by atoms with van der Waals surface area (Å²) >= 11 is 0. The van der Waals surface area contributed by atoms with Crippen molar-refractivity contribution in [2.45, 2.75) is 25.1 Å². The van der Waals surface area contributed by atoms with Gasteiger partial charge in [0.1, 0.15) is 22.7 Å². The first-order valence-electron chi connectivity index (χ1n) is 9.80. The van der Waals surface area contributed by atoms with E-state index in [4.69, 9.17) is 13.9 Å². The summed E-state index contributed by atoms with van der Waals surface area (Å²) in [5.74, 6) is -1.79. The van der Waals surface area contributed by atoms with Crippen molar-refractivity contribution in [1.29, 1.82) is 0 Å². The molecule has 0 unspecified atom stereocenters. The Bertz CT molecular complexity index is 1300. The topological polar surface area (TPSA) is 89.8 Å². The summed E-state index contributed by atoms with van der Waals surface area (Å²) in [5, 5.41) is 4.42. The Morgan fingerprint density at radius 2 is 1.85 bits per heavy atom. The molecule has 1 saturated carbocycles. The standard InChI is InChI=1S/C22H18F4N2O5/c1-31-17-9-16-18(19(20(17)32-2)22(24,25)26)14(29)8-15(33-16)12-6-3-10(23)7-13(12)28-21(30)27-11-4-5-11/h3,6-9,11H,4-5H2,1-2H3,(H2,27,28,30). The number of hydrogen-bond acceptors (Lipinski definition) is 5. The molecule has 7 nitrogen and oxygen atoms in total. The van der Waals surface area contributed by atoms with E-state index in [9.17, 15) is 27.2 Å². The van der Waals surface area contributed by atoms with Gasteiger partial charge in [0, 0.05) is 23.7 Å². The van der Waals surface area contributed by atoms with Crippen LogP contribution in [0, 0.1) is 5.82 Å². The van der Waals surface area contributed by atoms with E-state index in [2.05, 4.69) is 10.6 Å². The minimum absolute atomic E-state index is 0.0211. The van der Waals surface area contributed by atoms with Gasteiger partial charge in [0.05, 0.1) is 25.3 Å². The molecule has 2 aromatic carbocycles. The Morgan fingerprint density at radius 3 is 2.45 bits per heavy atom. The average Bonchev–Trinajstić information content (AvgIpc) is 3.55. The van der Waals surface area contributed by atoms with Crippen molar-refractivity contribution in [3.05, 3.63) is 51.9 Å². The van der Waals surface area contributed by atoms with E-state index >= 15 is 0 Å². The van der Waals surface area contributed by atoms with E-state index in [-0.39, 0.29) is 28.8 Å². The first-order chi connectivity index (χ1) is 15.6. The van der Waals surface area contributed by atoms with Crippen LogP contribution in [0.1, 0.15) is 18.4 Å². The van der Waals surface area contributed by atoms with Gasteiger partial charge >= 0.3 is 12.2 Å². The zero-order valence-electron chi connectivity index (χ0n) is 17.4. The van der Waals surface area contributed by atoms with Crippen LogP contribution in [0.2, 0.25) is 0 Å². The fourth-order valence-corrected chi connectivity index (χ4v) is 3.44. The van der Waals surface area contributed by atoms with Gasteiger partial charge in [-0.3, -0.25) is 4.79 Å². The van der Waals surface area contributed by atoms with E-state index in [0.29, 0.717) is 0 Å². The van der Waals surface area contributed by atoms with Crippen LogP contribution in [0.5, 0.6) is 11.5 Å². The second-order valence-electron chi connectivity index (χ2n) is 7.40. The minimum atomic E-state index is -4.95. The van der Waals surface area contributed by atoms with Crippen molar-refractivity contribution in [2.24, 2.45) is 0 Å². The molecule has 11 heteroatoms. The first kappa shape index (κ1) is 22.4. The van der Waals surface area contributed by atoms with Crippen molar-refractivity contribution < 1.29 is 36.2 Å². The molecule has 3 aromatic rings. The number of hydrogen-bond donors (Lipinski definition) is 2. The molecule has 4 rings (SSSR count). The molecule has 0 aliphatic heterocycles. The molecule has 1 aromatic heterocycles. The number of anilines is 1. The van der Waals surface area contributed by atoms with Gasteiger partial charge in [0.15, 0.2) is 16.9 Å². The number of amides is 2. The second-order valence-corrected chi connectivity index (χ2v) is 7.40. The molecule has 2 N–H and O–H groups in total. The number of benzene rings is 2.